The fraction of sp³-hybridized carbons (Fsp3) is 0.357. The molecule has 5 nitrogen and oxygen atoms in total. The highest BCUT2D eigenvalue weighted by molar-refractivity contribution is 6.30. The van der Waals surface area contributed by atoms with Crippen molar-refractivity contribution in [3.63, 3.8) is 0 Å². The quantitative estimate of drug-likeness (QED) is 0.849. The molecule has 20 heavy (non-hydrogen) atoms. The minimum absolute atomic E-state index is 0.448. The van der Waals surface area contributed by atoms with Crippen LogP contribution >= 0.6 is 11.6 Å². The summed E-state index contributed by atoms with van der Waals surface area (Å²) in [4.78, 5) is 37.6. The number of benzene rings is 1. The minimum atomic E-state index is -1.01. The molecule has 1 aromatic rings. The summed E-state index contributed by atoms with van der Waals surface area (Å²) in [5.74, 6) is -2.08. The first kappa shape index (κ1) is 13.1. The van der Waals surface area contributed by atoms with Crippen molar-refractivity contribution in [1.29, 1.82) is 0 Å². The van der Waals surface area contributed by atoms with E-state index < -0.39 is 29.3 Å². The van der Waals surface area contributed by atoms with Gasteiger partial charge in [0.1, 0.15) is 5.92 Å². The number of barbiturate groups is 1. The Bertz CT molecular complexity index is 625. The Morgan fingerprint density at radius 1 is 1.30 bits per heavy atom. The summed E-state index contributed by atoms with van der Waals surface area (Å²) in [6.45, 7) is 1.84. The molecule has 2 fully saturated rings. The van der Waals surface area contributed by atoms with Gasteiger partial charge in [0, 0.05) is 10.6 Å². The van der Waals surface area contributed by atoms with Crippen molar-refractivity contribution < 1.29 is 14.4 Å². The maximum Gasteiger partial charge on any atom is 0.331 e. The van der Waals surface area contributed by atoms with Crippen molar-refractivity contribution in [2.75, 3.05) is 0 Å². The molecule has 1 unspecified atom stereocenters. The highest BCUT2D eigenvalue weighted by atomic mass is 35.5. The van der Waals surface area contributed by atoms with Crippen molar-refractivity contribution in [1.82, 2.24) is 10.2 Å². The van der Waals surface area contributed by atoms with Crippen LogP contribution in [0.25, 0.3) is 0 Å². The van der Waals surface area contributed by atoms with Crippen LogP contribution in [0, 0.1) is 0 Å². The summed E-state index contributed by atoms with van der Waals surface area (Å²) in [6, 6.07) is 5.96. The summed E-state index contributed by atoms with van der Waals surface area (Å²) >= 11 is 5.90. The zero-order valence-corrected chi connectivity index (χ0v) is 11.6. The molecule has 1 aliphatic carbocycles. The van der Waals surface area contributed by atoms with Gasteiger partial charge in [-0.2, -0.15) is 0 Å². The first-order valence-electron chi connectivity index (χ1n) is 6.37. The van der Waals surface area contributed by atoms with Gasteiger partial charge in [-0.15, -0.1) is 0 Å². The van der Waals surface area contributed by atoms with Crippen LogP contribution in [0.2, 0.25) is 5.02 Å². The van der Waals surface area contributed by atoms with E-state index in [1.807, 2.05) is 6.92 Å². The lowest BCUT2D eigenvalue weighted by molar-refractivity contribution is -0.140. The van der Waals surface area contributed by atoms with Crippen LogP contribution in [0.15, 0.2) is 24.3 Å². The maximum absolute atomic E-state index is 12.5. The molecule has 1 atom stereocenters. The van der Waals surface area contributed by atoms with Crippen molar-refractivity contribution >= 4 is 29.4 Å². The maximum atomic E-state index is 12.5. The molecule has 1 saturated carbocycles. The van der Waals surface area contributed by atoms with Gasteiger partial charge in [0.05, 0.1) is 0 Å². The summed E-state index contributed by atoms with van der Waals surface area (Å²) in [6.07, 6.45) is 1.53. The molecule has 1 saturated heterocycles. The normalized spacial score (nSPS) is 24.6. The Balaban J connectivity index is 2.00. The van der Waals surface area contributed by atoms with Crippen LogP contribution in [-0.4, -0.2) is 28.3 Å². The predicted molar refractivity (Wildman–Crippen MR) is 72.2 cm³/mol. The van der Waals surface area contributed by atoms with Crippen molar-refractivity contribution in [3.05, 3.63) is 34.9 Å². The monoisotopic (exact) mass is 292 g/mol. The second-order valence-electron chi connectivity index (χ2n) is 5.45. The molecule has 1 aliphatic heterocycles. The average Bonchev–Trinajstić information content (AvgIpc) is 3.07. The molecule has 1 N–H and O–H groups in total. The van der Waals surface area contributed by atoms with Crippen LogP contribution < -0.4 is 5.32 Å². The van der Waals surface area contributed by atoms with Gasteiger partial charge in [-0.25, -0.2) is 4.79 Å². The van der Waals surface area contributed by atoms with Crippen LogP contribution in [-0.2, 0) is 9.59 Å². The Kier molecular flexibility index (Phi) is 2.83. The number of carbonyl (C=O) groups excluding carboxylic acids is 3. The Hall–Kier alpha value is -1.88. The lowest BCUT2D eigenvalue weighted by Gasteiger charge is -2.34. The average molecular weight is 293 g/mol. The van der Waals surface area contributed by atoms with E-state index in [4.69, 9.17) is 11.6 Å². The van der Waals surface area contributed by atoms with Gasteiger partial charge in [-0.3, -0.25) is 19.8 Å². The minimum Gasteiger partial charge on any atom is -0.277 e. The van der Waals surface area contributed by atoms with Gasteiger partial charge >= 0.3 is 6.03 Å². The predicted octanol–water partition coefficient (Wildman–Crippen LogP) is 2.05. The number of halogens is 1. The number of nitrogens with zero attached hydrogens (tertiary/aromatic N) is 1. The first-order chi connectivity index (χ1) is 9.42. The van der Waals surface area contributed by atoms with E-state index in [1.54, 1.807) is 24.3 Å². The molecule has 1 heterocycles. The first-order valence-corrected chi connectivity index (χ1v) is 6.74. The van der Waals surface area contributed by atoms with E-state index in [9.17, 15) is 14.4 Å². The third-order valence-corrected chi connectivity index (χ3v) is 4.09. The van der Waals surface area contributed by atoms with Gasteiger partial charge in [0.15, 0.2) is 0 Å². The van der Waals surface area contributed by atoms with E-state index in [0.29, 0.717) is 10.6 Å². The van der Waals surface area contributed by atoms with E-state index in [1.165, 1.54) is 4.90 Å². The van der Waals surface area contributed by atoms with E-state index >= 15 is 0 Å². The standard InChI is InChI=1S/C14H13ClN2O3/c1-14(5-6-14)17-12(19)10(11(18)16-13(17)20)8-3-2-4-9(15)7-8/h2-4,7,10H,5-6H2,1H3,(H,16,18,20). The largest absolute Gasteiger partial charge is 0.331 e. The molecule has 2 aliphatic rings. The molecule has 6 heteroatoms. The fourth-order valence-corrected chi connectivity index (χ4v) is 2.67. The van der Waals surface area contributed by atoms with Gasteiger partial charge in [-0.05, 0) is 37.5 Å². The van der Waals surface area contributed by atoms with Gasteiger partial charge in [-0.1, -0.05) is 23.7 Å². The van der Waals surface area contributed by atoms with Crippen LogP contribution in [0.5, 0.6) is 0 Å². The lowest BCUT2D eigenvalue weighted by Crippen LogP contribution is -2.60. The second-order valence-corrected chi connectivity index (χ2v) is 5.89. The van der Waals surface area contributed by atoms with E-state index in [-0.39, 0.29) is 0 Å². The van der Waals surface area contributed by atoms with Crippen LogP contribution in [0.1, 0.15) is 31.2 Å². The van der Waals surface area contributed by atoms with Crippen LogP contribution in [0.4, 0.5) is 4.79 Å². The van der Waals surface area contributed by atoms with Gasteiger partial charge in [0.2, 0.25) is 11.8 Å². The number of imide groups is 2. The van der Waals surface area contributed by atoms with Gasteiger partial charge < -0.3 is 0 Å². The van der Waals surface area contributed by atoms with Crippen molar-refractivity contribution in [2.45, 2.75) is 31.2 Å². The SMILES string of the molecule is CC1(N2C(=O)NC(=O)C(c3cccc(Cl)c3)C2=O)CC1. The highest BCUT2D eigenvalue weighted by Gasteiger charge is 2.54. The van der Waals surface area contributed by atoms with Crippen LogP contribution in [0.3, 0.4) is 0 Å². The van der Waals surface area contributed by atoms with E-state index in [0.717, 1.165) is 12.8 Å². The zero-order valence-electron chi connectivity index (χ0n) is 10.9. The molecule has 104 valence electrons. The lowest BCUT2D eigenvalue weighted by atomic mass is 9.94. The molecule has 0 radical (unpaired) electrons. The number of hydrogen-bond acceptors (Lipinski definition) is 3. The Morgan fingerprint density at radius 2 is 2.00 bits per heavy atom. The summed E-state index contributed by atoms with van der Waals surface area (Å²) < 4.78 is 0. The molecule has 3 rings (SSSR count). The second kappa shape index (κ2) is 4.31. The third kappa shape index (κ3) is 1.98. The Morgan fingerprint density at radius 3 is 2.60 bits per heavy atom. The van der Waals surface area contributed by atoms with Gasteiger partial charge in [0.25, 0.3) is 0 Å². The topological polar surface area (TPSA) is 66.5 Å². The molecule has 0 aromatic heterocycles. The van der Waals surface area contributed by atoms with Crippen molar-refractivity contribution in [3.8, 4) is 0 Å². The zero-order chi connectivity index (χ0) is 14.5. The molecule has 4 amide bonds. The molecule has 0 spiro atoms. The highest BCUT2D eigenvalue weighted by Crippen LogP contribution is 2.43. The number of nitrogens with one attached hydrogen (secondary N) is 1. The van der Waals surface area contributed by atoms with E-state index in [2.05, 4.69) is 5.32 Å². The number of urea groups is 1. The number of hydrogen-bond donors (Lipinski definition) is 1. The summed E-state index contributed by atoms with van der Waals surface area (Å²) in [5.41, 5.74) is 0.0420. The smallest absolute Gasteiger partial charge is 0.277 e. The Labute approximate surface area is 120 Å². The molecule has 1 aromatic carbocycles. The molecule has 0 bridgehead atoms. The third-order valence-electron chi connectivity index (χ3n) is 3.86. The fourth-order valence-electron chi connectivity index (χ4n) is 2.47. The van der Waals surface area contributed by atoms with Crippen molar-refractivity contribution in [2.24, 2.45) is 0 Å². The number of amides is 4. The summed E-state index contributed by atoms with van der Waals surface area (Å²) in [5, 5.41) is 2.71. The molecular formula is C14H13ClN2O3. The molecular weight excluding hydrogens is 280 g/mol. The number of carbonyl (C=O) groups is 3. The summed E-state index contributed by atoms with van der Waals surface area (Å²) in [7, 11) is 0. The number of rotatable bonds is 2.